The fourth-order valence-corrected chi connectivity index (χ4v) is 5.28. The SMILES string of the molecule is COc1ccc(OC)c2sc(N(CCN3CCOCC3)C(=O)c3ccc([N+](=O)[O-])s3)nc12.Cl. The van der Waals surface area contributed by atoms with Crippen molar-refractivity contribution in [3.63, 3.8) is 0 Å². The maximum Gasteiger partial charge on any atom is 0.324 e. The lowest BCUT2D eigenvalue weighted by Crippen LogP contribution is -2.43. The van der Waals surface area contributed by atoms with Gasteiger partial charge < -0.3 is 14.2 Å². The predicted molar refractivity (Wildman–Crippen MR) is 130 cm³/mol. The summed E-state index contributed by atoms with van der Waals surface area (Å²) in [4.78, 5) is 32.8. The zero-order valence-corrected chi connectivity index (χ0v) is 20.5. The van der Waals surface area contributed by atoms with Crippen molar-refractivity contribution >= 4 is 61.3 Å². The second kappa shape index (κ2) is 11.1. The van der Waals surface area contributed by atoms with Gasteiger partial charge in [0.15, 0.2) is 5.13 Å². The van der Waals surface area contributed by atoms with Gasteiger partial charge in [-0.1, -0.05) is 22.7 Å². The molecule has 1 saturated heterocycles. The van der Waals surface area contributed by atoms with Crippen molar-refractivity contribution in [3.05, 3.63) is 39.3 Å². The number of anilines is 1. The van der Waals surface area contributed by atoms with Crippen molar-refractivity contribution in [1.29, 1.82) is 0 Å². The molecule has 3 aromatic rings. The smallest absolute Gasteiger partial charge is 0.324 e. The number of halogens is 1. The van der Waals surface area contributed by atoms with Crippen LogP contribution in [0.5, 0.6) is 11.5 Å². The largest absolute Gasteiger partial charge is 0.495 e. The molecule has 10 nitrogen and oxygen atoms in total. The van der Waals surface area contributed by atoms with Gasteiger partial charge in [-0.2, -0.15) is 0 Å². The molecular formula is C20H23ClN4O6S2. The first kappa shape index (κ1) is 25.1. The summed E-state index contributed by atoms with van der Waals surface area (Å²) in [7, 11) is 3.14. The highest BCUT2D eigenvalue weighted by molar-refractivity contribution is 7.23. The molecule has 0 saturated carbocycles. The fourth-order valence-electron chi connectivity index (χ4n) is 3.41. The van der Waals surface area contributed by atoms with Gasteiger partial charge in [0, 0.05) is 32.2 Å². The summed E-state index contributed by atoms with van der Waals surface area (Å²) in [6, 6.07) is 6.41. The number of hydrogen-bond donors (Lipinski definition) is 0. The lowest BCUT2D eigenvalue weighted by Gasteiger charge is -2.29. The summed E-state index contributed by atoms with van der Waals surface area (Å²) >= 11 is 2.18. The van der Waals surface area contributed by atoms with E-state index in [4.69, 9.17) is 19.2 Å². The number of carbonyl (C=O) groups is 1. The molecule has 2 aromatic heterocycles. The first-order valence-electron chi connectivity index (χ1n) is 9.89. The number of rotatable bonds is 8. The third-order valence-electron chi connectivity index (χ3n) is 5.10. The molecule has 0 atom stereocenters. The monoisotopic (exact) mass is 514 g/mol. The summed E-state index contributed by atoms with van der Waals surface area (Å²) in [6.45, 7) is 3.89. The van der Waals surface area contributed by atoms with Gasteiger partial charge >= 0.3 is 5.00 Å². The van der Waals surface area contributed by atoms with Crippen LogP contribution in [0.15, 0.2) is 24.3 Å². The number of aromatic nitrogens is 1. The van der Waals surface area contributed by atoms with E-state index in [2.05, 4.69) is 4.90 Å². The van der Waals surface area contributed by atoms with E-state index in [1.807, 2.05) is 0 Å². The fraction of sp³-hybridized carbons (Fsp3) is 0.400. The molecule has 1 fully saturated rings. The number of nitro groups is 1. The summed E-state index contributed by atoms with van der Waals surface area (Å²) in [5.74, 6) is 0.890. The quantitative estimate of drug-likeness (QED) is 0.331. The minimum atomic E-state index is -0.493. The Morgan fingerprint density at radius 3 is 2.52 bits per heavy atom. The number of thiophene rings is 1. The highest BCUT2D eigenvalue weighted by Crippen LogP contribution is 2.40. The standard InChI is InChI=1S/C20H22N4O6S2.ClH/c1-28-13-3-4-14(29-2)18-17(13)21-20(32-18)23(8-7-22-9-11-30-12-10-22)19(25)15-5-6-16(31-15)24(26)27;/h3-6H,7-12H2,1-2H3;1H. The molecule has 0 radical (unpaired) electrons. The first-order chi connectivity index (χ1) is 15.5. The highest BCUT2D eigenvalue weighted by Gasteiger charge is 2.27. The molecule has 1 aliphatic heterocycles. The second-order valence-corrected chi connectivity index (χ2v) is 8.99. The van der Waals surface area contributed by atoms with Crippen LogP contribution in [0.1, 0.15) is 9.67 Å². The first-order valence-corrected chi connectivity index (χ1v) is 11.5. The van der Waals surface area contributed by atoms with Gasteiger partial charge in [-0.15, -0.1) is 12.4 Å². The van der Waals surface area contributed by atoms with E-state index >= 15 is 0 Å². The van der Waals surface area contributed by atoms with Crippen LogP contribution in [-0.2, 0) is 4.74 Å². The summed E-state index contributed by atoms with van der Waals surface area (Å²) in [6.07, 6.45) is 0. The van der Waals surface area contributed by atoms with E-state index in [0.717, 1.165) is 29.1 Å². The van der Waals surface area contributed by atoms with E-state index in [1.165, 1.54) is 23.5 Å². The number of carbonyl (C=O) groups excluding carboxylic acids is 1. The van der Waals surface area contributed by atoms with E-state index in [9.17, 15) is 14.9 Å². The van der Waals surface area contributed by atoms with E-state index in [-0.39, 0.29) is 28.2 Å². The number of methoxy groups -OCH3 is 2. The minimum Gasteiger partial charge on any atom is -0.495 e. The van der Waals surface area contributed by atoms with Gasteiger partial charge in [-0.25, -0.2) is 4.98 Å². The Hall–Kier alpha value is -2.51. The average molecular weight is 515 g/mol. The van der Waals surface area contributed by atoms with Crippen LogP contribution in [-0.4, -0.2) is 74.3 Å². The molecule has 0 unspecified atom stereocenters. The van der Waals surface area contributed by atoms with E-state index in [1.54, 1.807) is 31.3 Å². The van der Waals surface area contributed by atoms with E-state index in [0.29, 0.717) is 48.5 Å². The number of nitrogens with zero attached hydrogens (tertiary/aromatic N) is 4. The number of morpholine rings is 1. The van der Waals surface area contributed by atoms with Crippen molar-refractivity contribution in [3.8, 4) is 11.5 Å². The molecule has 0 spiro atoms. The van der Waals surface area contributed by atoms with Crippen molar-refractivity contribution in [2.24, 2.45) is 0 Å². The average Bonchev–Trinajstić information content (AvgIpc) is 3.47. The molecule has 0 N–H and O–H groups in total. The molecule has 33 heavy (non-hydrogen) atoms. The van der Waals surface area contributed by atoms with Gasteiger partial charge in [0.1, 0.15) is 21.7 Å². The van der Waals surface area contributed by atoms with Gasteiger partial charge in [-0.05, 0) is 18.2 Å². The van der Waals surface area contributed by atoms with Gasteiger partial charge in [0.05, 0.1) is 37.2 Å². The van der Waals surface area contributed by atoms with Crippen LogP contribution in [0.4, 0.5) is 10.1 Å². The van der Waals surface area contributed by atoms with Crippen molar-refractivity contribution in [2.45, 2.75) is 0 Å². The zero-order valence-electron chi connectivity index (χ0n) is 18.0. The normalized spacial score (nSPS) is 14.0. The maximum absolute atomic E-state index is 13.4. The van der Waals surface area contributed by atoms with Crippen LogP contribution in [0, 0.1) is 10.1 Å². The molecule has 178 valence electrons. The van der Waals surface area contributed by atoms with Crippen LogP contribution in [0.2, 0.25) is 0 Å². The lowest BCUT2D eigenvalue weighted by molar-refractivity contribution is -0.380. The van der Waals surface area contributed by atoms with Crippen LogP contribution in [0.3, 0.4) is 0 Å². The zero-order chi connectivity index (χ0) is 22.7. The van der Waals surface area contributed by atoms with Crippen molar-refractivity contribution in [1.82, 2.24) is 9.88 Å². The molecular weight excluding hydrogens is 492 g/mol. The third-order valence-corrected chi connectivity index (χ3v) is 7.22. The minimum absolute atomic E-state index is 0. The van der Waals surface area contributed by atoms with Gasteiger partial charge in [0.25, 0.3) is 5.91 Å². The third kappa shape index (κ3) is 5.36. The molecule has 3 heterocycles. The lowest BCUT2D eigenvalue weighted by atomic mass is 10.3. The van der Waals surface area contributed by atoms with Crippen molar-refractivity contribution < 1.29 is 23.9 Å². The Morgan fingerprint density at radius 1 is 1.18 bits per heavy atom. The molecule has 0 bridgehead atoms. The number of thiazole rings is 1. The second-order valence-electron chi connectivity index (χ2n) is 6.95. The number of amides is 1. The summed E-state index contributed by atoms with van der Waals surface area (Å²) < 4.78 is 17.1. The van der Waals surface area contributed by atoms with E-state index < -0.39 is 4.92 Å². The van der Waals surface area contributed by atoms with Crippen LogP contribution in [0.25, 0.3) is 10.2 Å². The molecule has 1 amide bonds. The molecule has 13 heteroatoms. The highest BCUT2D eigenvalue weighted by atomic mass is 35.5. The number of hydrogen-bond acceptors (Lipinski definition) is 10. The Kier molecular flexibility index (Phi) is 8.43. The Morgan fingerprint density at radius 2 is 1.88 bits per heavy atom. The summed E-state index contributed by atoms with van der Waals surface area (Å²) in [5.41, 5.74) is 0.605. The number of benzene rings is 1. The Labute approximate surface area is 204 Å². The molecule has 4 rings (SSSR count). The van der Waals surface area contributed by atoms with Gasteiger partial charge in [0.2, 0.25) is 0 Å². The number of fused-ring (bicyclic) bond motifs is 1. The molecule has 0 aliphatic carbocycles. The number of ether oxygens (including phenoxy) is 3. The maximum atomic E-state index is 13.4. The predicted octanol–water partition coefficient (Wildman–Crippen LogP) is 3.68. The Bertz CT molecular complexity index is 1090. The van der Waals surface area contributed by atoms with Gasteiger partial charge in [-0.3, -0.25) is 24.7 Å². The Balaban J connectivity index is 0.00000306. The topological polar surface area (TPSA) is 107 Å². The van der Waals surface area contributed by atoms with Crippen LogP contribution < -0.4 is 14.4 Å². The molecule has 1 aliphatic rings. The van der Waals surface area contributed by atoms with Crippen molar-refractivity contribution in [2.75, 3.05) is 58.5 Å². The van der Waals surface area contributed by atoms with Crippen LogP contribution >= 0.6 is 35.1 Å². The summed E-state index contributed by atoms with van der Waals surface area (Å²) in [5, 5.41) is 11.5. The molecule has 1 aromatic carbocycles.